The summed E-state index contributed by atoms with van der Waals surface area (Å²) in [6.45, 7) is 1.67. The summed E-state index contributed by atoms with van der Waals surface area (Å²) in [5.74, 6) is 0.121. The summed E-state index contributed by atoms with van der Waals surface area (Å²) in [6, 6.07) is 4.00. The first-order valence-electron chi connectivity index (χ1n) is 4.05. The number of hydrogen-bond acceptors (Lipinski definition) is 5. The van der Waals surface area contributed by atoms with Gasteiger partial charge in [-0.15, -0.1) is 0 Å². The van der Waals surface area contributed by atoms with Gasteiger partial charge in [-0.05, 0) is 18.6 Å². The van der Waals surface area contributed by atoms with Crippen LogP contribution in [0.4, 0.5) is 10.5 Å². The fourth-order valence-electron chi connectivity index (χ4n) is 0.944. The van der Waals surface area contributed by atoms with Crippen LogP contribution in [0.25, 0.3) is 0 Å². The lowest BCUT2D eigenvalue weighted by molar-refractivity contribution is -0.384. The number of aryl methyl sites for hydroxylation is 1. The molecule has 0 N–H and O–H groups in total. The van der Waals surface area contributed by atoms with Crippen molar-refractivity contribution in [2.75, 3.05) is 7.11 Å². The lowest BCUT2D eigenvalue weighted by Crippen LogP contribution is -2.08. The molecule has 6 nitrogen and oxygen atoms in total. The monoisotopic (exact) mass is 211 g/mol. The molecule has 0 saturated heterocycles. The first kappa shape index (κ1) is 11.0. The van der Waals surface area contributed by atoms with Gasteiger partial charge in [0.15, 0.2) is 0 Å². The second kappa shape index (κ2) is 4.41. The number of nitrogens with zero attached hydrogens (tertiary/aromatic N) is 1. The van der Waals surface area contributed by atoms with E-state index in [2.05, 4.69) is 4.74 Å². The van der Waals surface area contributed by atoms with Gasteiger partial charge in [-0.2, -0.15) is 0 Å². The second-order valence-corrected chi connectivity index (χ2v) is 2.76. The molecule has 1 aromatic carbocycles. The molecule has 0 spiro atoms. The quantitative estimate of drug-likeness (QED) is 0.323. The van der Waals surface area contributed by atoms with Crippen LogP contribution < -0.4 is 4.74 Å². The number of carbonyl (C=O) groups excluding carboxylic acids is 1. The van der Waals surface area contributed by atoms with E-state index < -0.39 is 11.1 Å². The molecule has 0 aromatic heterocycles. The van der Waals surface area contributed by atoms with Crippen LogP contribution in [0.15, 0.2) is 18.2 Å². The molecule has 0 aliphatic rings. The van der Waals surface area contributed by atoms with Gasteiger partial charge in [-0.3, -0.25) is 10.1 Å². The van der Waals surface area contributed by atoms with Crippen molar-refractivity contribution in [3.63, 3.8) is 0 Å². The number of non-ortho nitro benzene ring substituents is 1. The zero-order chi connectivity index (χ0) is 11.4. The van der Waals surface area contributed by atoms with Crippen LogP contribution in [0.3, 0.4) is 0 Å². The van der Waals surface area contributed by atoms with Gasteiger partial charge < -0.3 is 9.47 Å². The van der Waals surface area contributed by atoms with Crippen LogP contribution in [0.1, 0.15) is 5.56 Å². The molecule has 0 bridgehead atoms. The van der Waals surface area contributed by atoms with Crippen molar-refractivity contribution >= 4 is 11.8 Å². The maximum absolute atomic E-state index is 10.8. The number of benzene rings is 1. The van der Waals surface area contributed by atoms with Crippen molar-refractivity contribution in [1.82, 2.24) is 0 Å². The molecule has 1 aromatic rings. The highest BCUT2D eigenvalue weighted by molar-refractivity contribution is 5.65. The maximum Gasteiger partial charge on any atom is 0.513 e. The highest BCUT2D eigenvalue weighted by Gasteiger charge is 2.12. The fourth-order valence-corrected chi connectivity index (χ4v) is 0.944. The number of nitro benzene ring substituents is 1. The molecule has 80 valence electrons. The smallest absolute Gasteiger partial charge is 0.437 e. The maximum atomic E-state index is 10.8. The molecular weight excluding hydrogens is 202 g/mol. The minimum absolute atomic E-state index is 0.121. The first-order chi connectivity index (χ1) is 7.04. The van der Waals surface area contributed by atoms with E-state index in [1.165, 1.54) is 18.2 Å². The van der Waals surface area contributed by atoms with Gasteiger partial charge >= 0.3 is 6.16 Å². The molecule has 0 radical (unpaired) electrons. The van der Waals surface area contributed by atoms with E-state index in [0.717, 1.165) is 7.11 Å². The largest absolute Gasteiger partial charge is 0.513 e. The summed E-state index contributed by atoms with van der Waals surface area (Å²) in [5, 5.41) is 10.5. The average Bonchev–Trinajstić information content (AvgIpc) is 2.20. The summed E-state index contributed by atoms with van der Waals surface area (Å²) in [7, 11) is 1.16. The topological polar surface area (TPSA) is 78.7 Å². The van der Waals surface area contributed by atoms with Gasteiger partial charge in [0.1, 0.15) is 5.75 Å². The van der Waals surface area contributed by atoms with Crippen LogP contribution in [0, 0.1) is 17.0 Å². The minimum atomic E-state index is -0.904. The standard InChI is InChI=1S/C9H9NO5/c1-6-3-4-7(10(12)13)5-8(6)15-9(11)14-2/h3-5H,1-2H3. The van der Waals surface area contributed by atoms with Gasteiger partial charge in [0.2, 0.25) is 0 Å². The Kier molecular flexibility index (Phi) is 3.22. The second-order valence-electron chi connectivity index (χ2n) is 2.76. The molecule has 0 atom stereocenters. The van der Waals surface area contributed by atoms with E-state index in [0.29, 0.717) is 5.56 Å². The fraction of sp³-hybridized carbons (Fsp3) is 0.222. The number of ether oxygens (including phenoxy) is 2. The molecule has 0 unspecified atom stereocenters. The van der Waals surface area contributed by atoms with Crippen LogP contribution >= 0.6 is 0 Å². The third-order valence-corrected chi connectivity index (χ3v) is 1.74. The zero-order valence-corrected chi connectivity index (χ0v) is 8.22. The number of nitro groups is 1. The van der Waals surface area contributed by atoms with Crippen molar-refractivity contribution in [3.05, 3.63) is 33.9 Å². The molecule has 0 saturated carbocycles. The average molecular weight is 211 g/mol. The van der Waals surface area contributed by atoms with E-state index in [4.69, 9.17) is 4.74 Å². The number of rotatable bonds is 2. The van der Waals surface area contributed by atoms with E-state index in [1.807, 2.05) is 0 Å². The highest BCUT2D eigenvalue weighted by atomic mass is 16.7. The molecule has 1 rings (SSSR count). The lowest BCUT2D eigenvalue weighted by atomic mass is 10.2. The predicted molar refractivity (Wildman–Crippen MR) is 50.9 cm³/mol. The lowest BCUT2D eigenvalue weighted by Gasteiger charge is -2.04. The molecule has 0 aliphatic carbocycles. The van der Waals surface area contributed by atoms with Crippen molar-refractivity contribution < 1.29 is 19.2 Å². The first-order valence-corrected chi connectivity index (χ1v) is 4.05. The van der Waals surface area contributed by atoms with E-state index in [-0.39, 0.29) is 11.4 Å². The summed E-state index contributed by atoms with van der Waals surface area (Å²) < 4.78 is 9.00. The summed E-state index contributed by atoms with van der Waals surface area (Å²) >= 11 is 0. The zero-order valence-electron chi connectivity index (χ0n) is 8.22. The van der Waals surface area contributed by atoms with Crippen LogP contribution in [0.5, 0.6) is 5.75 Å². The number of methoxy groups -OCH3 is 1. The number of carbonyl (C=O) groups is 1. The Morgan fingerprint density at radius 2 is 2.13 bits per heavy atom. The molecule has 0 amide bonds. The van der Waals surface area contributed by atoms with Gasteiger partial charge in [-0.25, -0.2) is 4.79 Å². The van der Waals surface area contributed by atoms with Crippen molar-refractivity contribution in [2.24, 2.45) is 0 Å². The third-order valence-electron chi connectivity index (χ3n) is 1.74. The van der Waals surface area contributed by atoms with Crippen LogP contribution in [-0.2, 0) is 4.74 Å². The van der Waals surface area contributed by atoms with Crippen molar-refractivity contribution in [3.8, 4) is 5.75 Å². The molecule has 0 fully saturated rings. The SMILES string of the molecule is COC(=O)Oc1cc([N+](=O)[O-])ccc1C. The van der Waals surface area contributed by atoms with Crippen LogP contribution in [0.2, 0.25) is 0 Å². The highest BCUT2D eigenvalue weighted by Crippen LogP contribution is 2.24. The van der Waals surface area contributed by atoms with E-state index >= 15 is 0 Å². The van der Waals surface area contributed by atoms with E-state index in [1.54, 1.807) is 6.92 Å². The Morgan fingerprint density at radius 1 is 1.47 bits per heavy atom. The Morgan fingerprint density at radius 3 is 2.67 bits per heavy atom. The minimum Gasteiger partial charge on any atom is -0.437 e. The summed E-state index contributed by atoms with van der Waals surface area (Å²) in [6.07, 6.45) is -0.904. The molecule has 0 heterocycles. The van der Waals surface area contributed by atoms with E-state index in [9.17, 15) is 14.9 Å². The predicted octanol–water partition coefficient (Wildman–Crippen LogP) is 2.05. The molecular formula is C9H9NO5. The Hall–Kier alpha value is -2.11. The summed E-state index contributed by atoms with van der Waals surface area (Å²) in [4.78, 5) is 20.7. The van der Waals surface area contributed by atoms with Crippen molar-refractivity contribution in [2.45, 2.75) is 6.92 Å². The van der Waals surface area contributed by atoms with Gasteiger partial charge in [-0.1, -0.05) is 0 Å². The Bertz CT molecular complexity index is 401. The Labute approximate surface area is 85.6 Å². The molecule has 15 heavy (non-hydrogen) atoms. The van der Waals surface area contributed by atoms with Gasteiger partial charge in [0.25, 0.3) is 5.69 Å². The normalized spacial score (nSPS) is 9.47. The third kappa shape index (κ3) is 2.67. The number of hydrogen-bond donors (Lipinski definition) is 0. The van der Waals surface area contributed by atoms with Crippen LogP contribution in [-0.4, -0.2) is 18.2 Å². The van der Waals surface area contributed by atoms with Gasteiger partial charge in [0, 0.05) is 6.07 Å². The van der Waals surface area contributed by atoms with Gasteiger partial charge in [0.05, 0.1) is 18.1 Å². The Balaban J connectivity index is 3.00. The molecule has 0 aliphatic heterocycles. The summed E-state index contributed by atoms with van der Waals surface area (Å²) in [5.41, 5.74) is 0.477. The van der Waals surface area contributed by atoms with Crippen molar-refractivity contribution in [1.29, 1.82) is 0 Å². The molecule has 6 heteroatoms.